The van der Waals surface area contributed by atoms with Gasteiger partial charge in [0.2, 0.25) is 0 Å². The molecule has 52 heavy (non-hydrogen) atoms. The number of hydrogen-bond acceptors (Lipinski definition) is 10. The van der Waals surface area contributed by atoms with Gasteiger partial charge in [-0.25, -0.2) is 4.79 Å². The number of aliphatic imine (C=N–C) groups is 3. The van der Waals surface area contributed by atoms with Gasteiger partial charge in [-0.05, 0) is 67.4 Å². The number of amides is 2. The lowest BCUT2D eigenvalue weighted by Gasteiger charge is -2.32. The standard InChI is InChI=1S/C34H42ClF3N6O8/c1-23(48-5)29(52-22-45)17-50-32(47)44(13-6-14-49-28-12-7-24(16-40-4)15-27(28)35)19-33(2,3)18-41-30(46)25-8-10-26(11-9-25)43-31(42-21-39)51-20-34(36,37)38/h7-12,15,21-22H,4,6,13-14,16-20H2,1-3,5H3,(H,41,46)(H2,39,42,43)/b29-23-. The zero-order valence-corrected chi connectivity index (χ0v) is 30.0. The Balaban J connectivity index is 2.10. The van der Waals surface area contributed by atoms with Crippen LogP contribution in [0.1, 0.15) is 43.1 Å². The summed E-state index contributed by atoms with van der Waals surface area (Å²) >= 11 is 6.34. The van der Waals surface area contributed by atoms with Crippen molar-refractivity contribution in [2.45, 2.75) is 39.9 Å². The monoisotopic (exact) mass is 754 g/mol. The molecule has 0 aliphatic rings. The van der Waals surface area contributed by atoms with E-state index in [-0.39, 0.29) is 62.1 Å². The van der Waals surface area contributed by atoms with Gasteiger partial charge in [0.1, 0.15) is 11.5 Å². The Labute approximate surface area is 304 Å². The van der Waals surface area contributed by atoms with Crippen molar-refractivity contribution in [3.05, 3.63) is 70.1 Å². The molecule has 2 rings (SSSR count). The first-order chi connectivity index (χ1) is 24.6. The first kappa shape index (κ1) is 42.8. The van der Waals surface area contributed by atoms with E-state index in [2.05, 4.69) is 31.7 Å². The molecule has 0 aliphatic carbocycles. The number of carbonyl (C=O) groups is 3. The Bertz CT molecular complexity index is 1600. The van der Waals surface area contributed by atoms with Gasteiger partial charge >= 0.3 is 18.3 Å². The number of benzene rings is 2. The van der Waals surface area contributed by atoms with Crippen molar-refractivity contribution in [3.63, 3.8) is 0 Å². The molecule has 0 radical (unpaired) electrons. The van der Waals surface area contributed by atoms with E-state index < -0.39 is 36.2 Å². The van der Waals surface area contributed by atoms with E-state index in [1.54, 1.807) is 19.1 Å². The van der Waals surface area contributed by atoms with Crippen LogP contribution < -0.4 is 15.8 Å². The van der Waals surface area contributed by atoms with Crippen LogP contribution in [0.25, 0.3) is 0 Å². The number of methoxy groups -OCH3 is 1. The van der Waals surface area contributed by atoms with Gasteiger partial charge in [-0.3, -0.25) is 14.6 Å². The third-order valence-electron chi connectivity index (χ3n) is 6.85. The van der Waals surface area contributed by atoms with E-state index in [9.17, 15) is 27.6 Å². The highest BCUT2D eigenvalue weighted by Gasteiger charge is 2.29. The van der Waals surface area contributed by atoms with Crippen molar-refractivity contribution in [2.24, 2.45) is 26.1 Å². The molecule has 0 fully saturated rings. The van der Waals surface area contributed by atoms with E-state index in [4.69, 9.17) is 36.3 Å². The van der Waals surface area contributed by atoms with E-state index in [1.807, 2.05) is 19.9 Å². The largest absolute Gasteiger partial charge is 0.498 e. The highest BCUT2D eigenvalue weighted by molar-refractivity contribution is 6.32. The quantitative estimate of drug-likeness (QED) is 0.0590. The van der Waals surface area contributed by atoms with Crippen LogP contribution in [0.4, 0.5) is 23.7 Å². The van der Waals surface area contributed by atoms with Crippen LogP contribution >= 0.6 is 11.6 Å². The van der Waals surface area contributed by atoms with Gasteiger partial charge in [-0.1, -0.05) is 31.5 Å². The molecule has 0 unspecified atom stereocenters. The number of allylic oxidation sites excluding steroid dienone is 1. The number of halogens is 4. The first-order valence-electron chi connectivity index (χ1n) is 15.6. The Morgan fingerprint density at radius 2 is 1.83 bits per heavy atom. The van der Waals surface area contributed by atoms with Crippen molar-refractivity contribution >= 4 is 54.8 Å². The maximum Gasteiger partial charge on any atom is 0.422 e. The van der Waals surface area contributed by atoms with E-state index >= 15 is 0 Å². The molecule has 2 aromatic carbocycles. The zero-order chi connectivity index (χ0) is 38.7. The molecule has 3 N–H and O–H groups in total. The van der Waals surface area contributed by atoms with Gasteiger partial charge in [-0.2, -0.15) is 23.2 Å². The molecule has 0 atom stereocenters. The summed E-state index contributed by atoms with van der Waals surface area (Å²) in [6.07, 6.45) is -4.20. The third kappa shape index (κ3) is 15.7. The average molecular weight is 755 g/mol. The number of hydrogen-bond donors (Lipinski definition) is 2. The molecule has 2 amide bonds. The fourth-order valence-electron chi connectivity index (χ4n) is 4.27. The summed E-state index contributed by atoms with van der Waals surface area (Å²) in [5, 5.41) is 3.23. The third-order valence-corrected chi connectivity index (χ3v) is 7.14. The Morgan fingerprint density at radius 1 is 1.12 bits per heavy atom. The molecule has 0 saturated carbocycles. The number of amidine groups is 1. The Hall–Kier alpha value is -5.32. The maximum atomic E-state index is 13.3. The molecule has 0 aromatic heterocycles. The second kappa shape index (κ2) is 21.1. The highest BCUT2D eigenvalue weighted by Crippen LogP contribution is 2.26. The molecular formula is C34H42ClF3N6O8. The van der Waals surface area contributed by atoms with Gasteiger partial charge in [0.25, 0.3) is 12.4 Å². The molecule has 0 saturated heterocycles. The summed E-state index contributed by atoms with van der Waals surface area (Å²) in [4.78, 5) is 49.9. The second-order valence-electron chi connectivity index (χ2n) is 11.7. The average Bonchev–Trinajstić information content (AvgIpc) is 3.09. The minimum absolute atomic E-state index is 0.0132. The summed E-state index contributed by atoms with van der Waals surface area (Å²) in [5.41, 5.74) is 5.76. The fourth-order valence-corrected chi connectivity index (χ4v) is 4.53. The summed E-state index contributed by atoms with van der Waals surface area (Å²) in [6, 6.07) is 10.3. The molecule has 0 heterocycles. The van der Waals surface area contributed by atoms with Crippen LogP contribution in [0.15, 0.2) is 69.0 Å². The van der Waals surface area contributed by atoms with Crippen LogP contribution in [0.5, 0.6) is 5.75 Å². The molecule has 284 valence electrons. The lowest BCUT2D eigenvalue weighted by Crippen LogP contribution is -2.45. The summed E-state index contributed by atoms with van der Waals surface area (Å²) < 4.78 is 63.4. The summed E-state index contributed by atoms with van der Waals surface area (Å²) in [5.74, 6) is 0.261. The summed E-state index contributed by atoms with van der Waals surface area (Å²) in [7, 11) is 1.37. The first-order valence-corrected chi connectivity index (χ1v) is 16.0. The second-order valence-corrected chi connectivity index (χ2v) is 12.1. The van der Waals surface area contributed by atoms with E-state index in [1.165, 1.54) is 36.3 Å². The lowest BCUT2D eigenvalue weighted by atomic mass is 9.92. The SMILES string of the molecule is C=NCc1ccc(OCCCN(CC(C)(C)CNC(=O)c2ccc(N=C(/N=C/N)OCC(F)(F)F)cc2)C(=O)OC/C(OC=O)=C(\C)OC)c(Cl)c1. The van der Waals surface area contributed by atoms with Crippen molar-refractivity contribution in [1.82, 2.24) is 10.2 Å². The van der Waals surface area contributed by atoms with Crippen molar-refractivity contribution in [3.8, 4) is 5.75 Å². The number of nitrogens with one attached hydrogen (secondary N) is 1. The van der Waals surface area contributed by atoms with Gasteiger partial charge in [0.05, 0.1) is 37.3 Å². The maximum absolute atomic E-state index is 13.3. The van der Waals surface area contributed by atoms with E-state index in [0.717, 1.165) is 11.9 Å². The van der Waals surface area contributed by atoms with Gasteiger partial charge in [-0.15, -0.1) is 0 Å². The number of carbonyl (C=O) groups excluding carboxylic acids is 3. The predicted octanol–water partition coefficient (Wildman–Crippen LogP) is 5.81. The van der Waals surface area contributed by atoms with Gasteiger partial charge < -0.3 is 39.6 Å². The Morgan fingerprint density at radius 3 is 2.42 bits per heavy atom. The number of nitrogens with two attached hydrogens (primary N) is 1. The van der Waals surface area contributed by atoms with Crippen LogP contribution in [0.2, 0.25) is 5.02 Å². The molecule has 2 aromatic rings. The number of ether oxygens (including phenoxy) is 5. The van der Waals surface area contributed by atoms with Gasteiger partial charge in [0, 0.05) is 25.2 Å². The highest BCUT2D eigenvalue weighted by atomic mass is 35.5. The van der Waals surface area contributed by atoms with Crippen molar-refractivity contribution < 1.29 is 51.2 Å². The van der Waals surface area contributed by atoms with Crippen LogP contribution in [0.3, 0.4) is 0 Å². The zero-order valence-electron chi connectivity index (χ0n) is 29.2. The fraction of sp³-hybridized carbons (Fsp3) is 0.412. The molecule has 0 bridgehead atoms. The van der Waals surface area contributed by atoms with Crippen LogP contribution in [-0.2, 0) is 30.3 Å². The molecule has 18 heteroatoms. The lowest BCUT2D eigenvalue weighted by molar-refractivity contribution is -0.156. The van der Waals surface area contributed by atoms with Gasteiger partial charge in [0.15, 0.2) is 19.0 Å². The van der Waals surface area contributed by atoms with Crippen LogP contribution in [-0.4, -0.2) is 95.2 Å². The Kier molecular flexibility index (Phi) is 17.4. The number of rotatable bonds is 19. The van der Waals surface area contributed by atoms with Crippen LogP contribution in [0, 0.1) is 5.41 Å². The predicted molar refractivity (Wildman–Crippen MR) is 189 cm³/mol. The minimum atomic E-state index is -4.60. The van der Waals surface area contributed by atoms with E-state index in [0.29, 0.717) is 23.7 Å². The smallest absolute Gasteiger partial charge is 0.422 e. The molecular weight excluding hydrogens is 713 g/mol. The number of alkyl halides is 3. The molecule has 0 spiro atoms. The molecule has 0 aliphatic heterocycles. The summed E-state index contributed by atoms with van der Waals surface area (Å²) in [6.45, 7) is 7.93. The minimum Gasteiger partial charge on any atom is -0.498 e. The van der Waals surface area contributed by atoms with Crippen molar-refractivity contribution in [1.29, 1.82) is 0 Å². The molecule has 14 nitrogen and oxygen atoms in total. The normalized spacial score (nSPS) is 12.4. The number of nitrogens with zero attached hydrogens (tertiary/aromatic N) is 4. The topological polar surface area (TPSA) is 176 Å². The van der Waals surface area contributed by atoms with Crippen molar-refractivity contribution in [2.75, 3.05) is 46.6 Å².